The molecule has 4 aromatic carbocycles. The van der Waals surface area contributed by atoms with E-state index in [4.69, 9.17) is 78.7 Å². The summed E-state index contributed by atoms with van der Waals surface area (Å²) in [5.41, 5.74) is 26.2. The Kier molecular flexibility index (Phi) is 31.4. The molecule has 0 aliphatic carbocycles. The molecule has 0 bridgehead atoms. The summed E-state index contributed by atoms with van der Waals surface area (Å²) in [7, 11) is 4.07. The van der Waals surface area contributed by atoms with Crippen LogP contribution in [0.15, 0.2) is 145 Å². The zero-order valence-corrected chi connectivity index (χ0v) is 82.5. The first-order valence-electron chi connectivity index (χ1n) is 46.3. The van der Waals surface area contributed by atoms with Crippen molar-refractivity contribution < 1.29 is 73.6 Å². The summed E-state index contributed by atoms with van der Waals surface area (Å²) >= 11 is 0. The monoisotopic (exact) mass is 1990 g/mol. The number of carbonyl (C=O) groups is 4. The zero-order chi connectivity index (χ0) is 106. The lowest BCUT2D eigenvalue weighted by Crippen LogP contribution is -2.41. The van der Waals surface area contributed by atoms with Crippen molar-refractivity contribution in [3.8, 4) is 68.0 Å². The number of carbonyl (C=O) groups excluding carboxylic acids is 4. The van der Waals surface area contributed by atoms with E-state index in [0.29, 0.717) is 143 Å². The molecule has 44 heteroatoms. The van der Waals surface area contributed by atoms with Gasteiger partial charge in [-0.15, -0.1) is 0 Å². The van der Waals surface area contributed by atoms with Crippen LogP contribution in [-0.2, 0) is 31.5 Å². The van der Waals surface area contributed by atoms with E-state index in [1.807, 2.05) is 83.1 Å². The van der Waals surface area contributed by atoms with E-state index >= 15 is 0 Å². The number of methoxy groups -OCH3 is 3. The number of aromatic hydroxyl groups is 1. The fourth-order valence-electron chi connectivity index (χ4n) is 17.6. The highest BCUT2D eigenvalue weighted by atomic mass is 19.4. The smallest absolute Gasteiger partial charge is 0.419 e. The van der Waals surface area contributed by atoms with Crippen molar-refractivity contribution in [3.63, 3.8) is 0 Å². The molecule has 4 fully saturated rings. The Morgan fingerprint density at radius 3 is 0.952 bits per heavy atom. The van der Waals surface area contributed by atoms with Crippen molar-refractivity contribution in [2.45, 2.75) is 171 Å². The lowest BCUT2D eigenvalue weighted by atomic mass is 9.95. The van der Waals surface area contributed by atoms with Gasteiger partial charge in [-0.1, -0.05) is 120 Å². The average Bonchev–Trinajstić information content (AvgIpc) is 1.62. The van der Waals surface area contributed by atoms with Crippen LogP contribution in [0.4, 0.5) is 58.4 Å². The number of rotatable bonds is 15. The molecule has 4 saturated heterocycles. The third-order valence-electron chi connectivity index (χ3n) is 24.0. The molecule has 4 amide bonds. The van der Waals surface area contributed by atoms with E-state index in [1.165, 1.54) is 83.0 Å². The van der Waals surface area contributed by atoms with Crippen molar-refractivity contribution >= 4 is 91.0 Å². The molecule has 12 aromatic rings. The molecule has 0 saturated carbocycles. The van der Waals surface area contributed by atoms with Gasteiger partial charge in [-0.2, -0.15) is 46.7 Å². The number of alkyl halides is 6. The van der Waals surface area contributed by atoms with Crippen LogP contribution in [0, 0.1) is 59.6 Å². The number of anilines is 4. The Labute approximate surface area is 830 Å². The van der Waals surface area contributed by atoms with E-state index in [2.05, 4.69) is 64.4 Å². The number of aromatic nitrogens is 16. The summed E-state index contributed by atoms with van der Waals surface area (Å²) in [6.45, 7) is 56.5. The highest BCUT2D eigenvalue weighted by Gasteiger charge is 2.41. The molecule has 0 unspecified atom stereocenters. The third kappa shape index (κ3) is 24.0. The van der Waals surface area contributed by atoms with Crippen LogP contribution in [0.2, 0.25) is 0 Å². The normalized spacial score (nSPS) is 17.0. The fraction of sp³-hybridized carbons (Fsp3) is 0.406. The van der Waals surface area contributed by atoms with Crippen LogP contribution < -0.4 is 37.1 Å². The molecule has 758 valence electrons. The predicted octanol–water partition coefficient (Wildman–Crippen LogP) is 18.4. The summed E-state index contributed by atoms with van der Waals surface area (Å²) in [5.74, 6) is -2.32. The van der Waals surface area contributed by atoms with Gasteiger partial charge in [-0.05, 0) is 134 Å². The number of fused-ring (bicyclic) bond motifs is 4. The minimum Gasteiger partial charge on any atom is -0.507 e. The molecule has 4 aliphatic heterocycles. The highest BCUT2D eigenvalue weighted by molar-refractivity contribution is 6.03. The van der Waals surface area contributed by atoms with Gasteiger partial charge in [0, 0.05) is 74.6 Å². The number of allylic oxidation sites excluding steroid dienone is 4. The maximum Gasteiger partial charge on any atom is 0.419 e. The standard InChI is InChI=1S/C26H28F3N7O2.C25H26F3N7O2.2C25H28FN7O2/c1-25(2,3)12-18(31-4)24(37)35-10-6-7-16(13-35)36-23-20(22(30)32-14-33-23)21(34-36)15-8-9-17(26(27,28)29)19(11-15)38-5;1-24(2,3)11-17(30-4)23(37)34-9-5-6-15(12-34)35-22-19(21(29)31-13-32-22)20(33-35)14-7-8-16(18(36)10-14)25(26,27)28;1-25(2,3)12-18(28-4)24(34)32-10-6-7-16(13-32)33-23-20(22(27)29-14-30-23)21(31-33)15-8-9-17(26)19(11-15)35-5;1-25(2,3)12-19(28-4)24(34)32-10-6-7-15(13-32)33-23-20(22(27)29-14-30-23)21(31-33)17-11-16(35-5)8-9-18(17)26/h8-9,11-12,14,16H,6-7,10,13H2,1-3,5H3,(H2,30,32,33);7-8,10-11,13,15,36H,5-6,9,12H2,1-3H3,(H2,29,31,32);8-9,11-12,14,16H,6-7,10,13H2,1-3,5H3,(H2,27,29,30);8-9,11-12,14-15H,6-7,10,13H2,1-3,5H3,(H2,27,29,30)/b18-12-;17-11-;18-12-;19-12-/t16-;15-;16-;15-/m1111/s1. The maximum atomic E-state index is 14.9. The molecule has 36 nitrogen and oxygen atoms in total. The number of piperidine rings is 4. The Morgan fingerprint density at radius 1 is 0.379 bits per heavy atom. The summed E-state index contributed by atoms with van der Waals surface area (Å²) in [6.07, 6.45) is 8.33. The molecule has 8 aromatic heterocycles. The van der Waals surface area contributed by atoms with Gasteiger partial charge in [0.1, 0.15) is 94.4 Å². The van der Waals surface area contributed by atoms with Crippen molar-refractivity contribution in [1.82, 2.24) is 98.6 Å². The third-order valence-corrected chi connectivity index (χ3v) is 24.0. The number of nitrogens with two attached hydrogens (primary N) is 4. The summed E-state index contributed by atoms with van der Waals surface area (Å²) in [6, 6.07) is 14.3. The number of halogens is 8. The van der Waals surface area contributed by atoms with Gasteiger partial charge in [0.25, 0.3) is 23.6 Å². The number of hydrogen-bond donors (Lipinski definition) is 5. The quantitative estimate of drug-likeness (QED) is 0.0361. The summed E-state index contributed by atoms with van der Waals surface area (Å²) in [4.78, 5) is 107. The van der Waals surface area contributed by atoms with E-state index in [1.54, 1.807) is 80.8 Å². The second-order valence-electron chi connectivity index (χ2n) is 39.6. The van der Waals surface area contributed by atoms with Crippen LogP contribution in [0.3, 0.4) is 0 Å². The van der Waals surface area contributed by atoms with Crippen LogP contribution in [0.1, 0.15) is 170 Å². The lowest BCUT2D eigenvalue weighted by molar-refractivity contribution is -0.139. The average molecular weight is 2000 g/mol. The van der Waals surface area contributed by atoms with Gasteiger partial charge in [0.05, 0.1) is 104 Å². The maximum absolute atomic E-state index is 14.9. The van der Waals surface area contributed by atoms with Crippen molar-refractivity contribution in [2.24, 2.45) is 21.7 Å². The summed E-state index contributed by atoms with van der Waals surface area (Å²) < 4.78 is 131. The molecule has 0 spiro atoms. The number of amides is 4. The first-order chi connectivity index (χ1) is 68.4. The van der Waals surface area contributed by atoms with Crippen molar-refractivity contribution in [2.75, 3.05) is 96.6 Å². The van der Waals surface area contributed by atoms with Crippen LogP contribution in [-0.4, -0.2) is 201 Å². The van der Waals surface area contributed by atoms with Crippen molar-refractivity contribution in [3.05, 3.63) is 214 Å². The predicted molar refractivity (Wildman–Crippen MR) is 528 cm³/mol. The number of phenols is 1. The molecule has 4 atom stereocenters. The van der Waals surface area contributed by atoms with Gasteiger partial charge in [-0.25, -0.2) is 86.8 Å². The molecule has 145 heavy (non-hydrogen) atoms. The zero-order valence-electron chi connectivity index (χ0n) is 82.5. The Hall–Kier alpha value is -16.3. The minimum atomic E-state index is -4.71. The van der Waals surface area contributed by atoms with Gasteiger partial charge in [-0.3, -0.25) is 19.2 Å². The van der Waals surface area contributed by atoms with Gasteiger partial charge in [0.15, 0.2) is 34.2 Å². The molecule has 12 heterocycles. The van der Waals surface area contributed by atoms with E-state index in [9.17, 15) is 59.4 Å². The second kappa shape index (κ2) is 42.9. The number of hydrogen-bond acceptors (Lipinski definition) is 24. The van der Waals surface area contributed by atoms with Crippen LogP contribution in [0.5, 0.6) is 23.0 Å². The summed E-state index contributed by atoms with van der Waals surface area (Å²) in [5, 5.41) is 30.6. The molecule has 9 N–H and O–H groups in total. The Balaban J connectivity index is 0.000000162. The largest absolute Gasteiger partial charge is 0.507 e. The lowest BCUT2D eigenvalue weighted by Gasteiger charge is -2.33. The number of nitrogens with zero attached hydrogens (tertiary/aromatic N) is 24. The second-order valence-corrected chi connectivity index (χ2v) is 39.6. The van der Waals surface area contributed by atoms with Crippen LogP contribution >= 0.6 is 0 Å². The molecule has 0 radical (unpaired) electrons. The van der Waals surface area contributed by atoms with E-state index in [0.717, 1.165) is 43.9 Å². The SMILES string of the molecule is [C-]#[N+]/C(=C\C(C)(C)C)C(=O)N1CCC[C@@H](n2nc(-c3cc(OC)ccc3F)c3c(N)ncnc32)C1.[C-]#[N+]/C(=C\C(C)(C)C)C(=O)N1CCC[C@@H](n2nc(-c3ccc(C(F)(F)F)c(O)c3)c3c(N)ncnc32)C1.[C-]#[N+]/C(=C\C(C)(C)C)C(=O)N1CCC[C@@H](n2nc(-c3ccc(C(F)(F)F)c(OC)c3)c3c(N)ncnc32)C1.[C-]#[N+]/C(=C\C(C)(C)C)C(=O)N1CCC[C@@H](n2nc(-c3ccc(F)c(OC)c3)c3c(N)ncnc32)C1. The first-order valence-corrected chi connectivity index (χ1v) is 46.3. The fourth-order valence-corrected chi connectivity index (χ4v) is 17.6. The van der Waals surface area contributed by atoms with Gasteiger partial charge < -0.3 is 61.9 Å². The number of phenolic OH excluding ortho intramolecular Hbond substituents is 1. The number of nitrogen functional groups attached to an aromatic ring is 4. The molecule has 16 rings (SSSR count). The van der Waals surface area contributed by atoms with Crippen LogP contribution in [0.25, 0.3) is 109 Å². The number of likely N-dealkylation sites (tertiary alicyclic amines) is 4. The molecular formula is C101H110F8N28O8. The van der Waals surface area contributed by atoms with Gasteiger partial charge >= 0.3 is 12.4 Å². The Morgan fingerprint density at radius 2 is 0.662 bits per heavy atom. The molecule has 4 aliphatic rings. The van der Waals surface area contributed by atoms with E-state index < -0.39 is 40.9 Å². The minimum absolute atomic E-state index is 0.0472. The Bertz CT molecular complexity index is 7280. The molecular weight excluding hydrogens is 1890 g/mol. The first kappa shape index (κ1) is 106. The topological polar surface area (TPSA) is 425 Å². The van der Waals surface area contributed by atoms with E-state index in [-0.39, 0.29) is 157 Å². The highest BCUT2D eigenvalue weighted by Crippen LogP contribution is 2.46. The number of benzene rings is 4. The van der Waals surface area contributed by atoms with Crippen molar-refractivity contribution in [1.29, 1.82) is 0 Å². The number of ether oxygens (including phenoxy) is 3. The van der Waals surface area contributed by atoms with Gasteiger partial charge in [0.2, 0.25) is 22.8 Å².